The summed E-state index contributed by atoms with van der Waals surface area (Å²) in [6.07, 6.45) is 4.44. The second-order valence-corrected chi connectivity index (χ2v) is 7.64. The van der Waals surface area contributed by atoms with Gasteiger partial charge in [-0.1, -0.05) is 13.8 Å². The molecular weight excluding hydrogens is 238 g/mol. The van der Waals surface area contributed by atoms with Gasteiger partial charge in [-0.2, -0.15) is 0 Å². The number of nitrogens with zero attached hydrogens (tertiary/aromatic N) is 1. The third kappa shape index (κ3) is 6.05. The minimum Gasteiger partial charge on any atom is -0.340 e. The van der Waals surface area contributed by atoms with Crippen molar-refractivity contribution in [1.29, 1.82) is 0 Å². The van der Waals surface area contributed by atoms with Gasteiger partial charge in [0.1, 0.15) is 9.84 Å². The van der Waals surface area contributed by atoms with Crippen LogP contribution in [-0.4, -0.2) is 43.8 Å². The number of carbonyl (C=O) groups excluding carboxylic acids is 1. The van der Waals surface area contributed by atoms with Crippen LogP contribution >= 0.6 is 0 Å². The molecule has 1 aliphatic rings. The molecule has 0 aromatic rings. The molecule has 0 radical (unpaired) electrons. The largest absolute Gasteiger partial charge is 0.340 e. The molecule has 100 valence electrons. The SMILES string of the molecule is CC(C)CCN(C(=O)CCS(C)(=O)=O)C1CC1. The van der Waals surface area contributed by atoms with Crippen LogP contribution in [0.1, 0.15) is 39.5 Å². The van der Waals surface area contributed by atoms with Crippen molar-refractivity contribution in [2.24, 2.45) is 5.92 Å². The fourth-order valence-electron chi connectivity index (χ4n) is 1.71. The van der Waals surface area contributed by atoms with E-state index in [1.165, 1.54) is 6.26 Å². The summed E-state index contributed by atoms with van der Waals surface area (Å²) in [7, 11) is -3.04. The summed E-state index contributed by atoms with van der Waals surface area (Å²) >= 11 is 0. The van der Waals surface area contributed by atoms with Gasteiger partial charge in [-0.3, -0.25) is 4.79 Å². The highest BCUT2D eigenvalue weighted by Crippen LogP contribution is 2.28. The molecule has 0 N–H and O–H groups in total. The molecule has 1 saturated carbocycles. The molecule has 0 aromatic carbocycles. The molecule has 1 aliphatic carbocycles. The van der Waals surface area contributed by atoms with E-state index in [4.69, 9.17) is 0 Å². The quantitative estimate of drug-likeness (QED) is 0.697. The highest BCUT2D eigenvalue weighted by atomic mass is 32.2. The number of hydrogen-bond acceptors (Lipinski definition) is 3. The van der Waals surface area contributed by atoms with Crippen LogP contribution in [0.25, 0.3) is 0 Å². The Hall–Kier alpha value is -0.580. The predicted molar refractivity (Wildman–Crippen MR) is 68.5 cm³/mol. The molecule has 0 aromatic heterocycles. The first-order valence-electron chi connectivity index (χ1n) is 6.27. The van der Waals surface area contributed by atoms with Gasteiger partial charge in [0.15, 0.2) is 0 Å². The normalized spacial score (nSPS) is 16.2. The van der Waals surface area contributed by atoms with Crippen LogP contribution in [0.4, 0.5) is 0 Å². The van der Waals surface area contributed by atoms with Gasteiger partial charge in [-0.25, -0.2) is 8.42 Å². The van der Waals surface area contributed by atoms with E-state index >= 15 is 0 Å². The number of amides is 1. The monoisotopic (exact) mass is 261 g/mol. The van der Waals surface area contributed by atoms with Crippen molar-refractivity contribution in [3.05, 3.63) is 0 Å². The van der Waals surface area contributed by atoms with E-state index < -0.39 is 9.84 Å². The molecule has 5 heteroatoms. The fourth-order valence-corrected chi connectivity index (χ4v) is 2.26. The molecule has 0 bridgehead atoms. The summed E-state index contributed by atoms with van der Waals surface area (Å²) in [5, 5.41) is 0. The van der Waals surface area contributed by atoms with Crippen LogP contribution in [0.2, 0.25) is 0 Å². The minimum atomic E-state index is -3.04. The minimum absolute atomic E-state index is 0.00132. The number of rotatable bonds is 7. The van der Waals surface area contributed by atoms with E-state index in [2.05, 4.69) is 13.8 Å². The molecule has 0 unspecified atom stereocenters. The lowest BCUT2D eigenvalue weighted by Gasteiger charge is -2.23. The summed E-state index contributed by atoms with van der Waals surface area (Å²) in [5.41, 5.74) is 0. The second-order valence-electron chi connectivity index (χ2n) is 5.38. The standard InChI is InChI=1S/C12H23NO3S/c1-10(2)6-8-13(11-4-5-11)12(14)7-9-17(3,15)16/h10-11H,4-9H2,1-3H3. The van der Waals surface area contributed by atoms with E-state index in [9.17, 15) is 13.2 Å². The van der Waals surface area contributed by atoms with Crippen molar-refractivity contribution in [2.45, 2.75) is 45.6 Å². The summed E-state index contributed by atoms with van der Waals surface area (Å²) < 4.78 is 22.1. The number of sulfone groups is 1. The van der Waals surface area contributed by atoms with Gasteiger partial charge in [0.25, 0.3) is 0 Å². The van der Waals surface area contributed by atoms with Gasteiger partial charge >= 0.3 is 0 Å². The Bertz CT molecular complexity index is 358. The van der Waals surface area contributed by atoms with Gasteiger partial charge in [0.05, 0.1) is 5.75 Å². The number of carbonyl (C=O) groups is 1. The van der Waals surface area contributed by atoms with Crippen molar-refractivity contribution < 1.29 is 13.2 Å². The van der Waals surface area contributed by atoms with Crippen molar-refractivity contribution in [3.8, 4) is 0 Å². The van der Waals surface area contributed by atoms with E-state index in [-0.39, 0.29) is 18.1 Å². The Morgan fingerprint density at radius 3 is 2.35 bits per heavy atom. The van der Waals surface area contributed by atoms with Crippen LogP contribution in [-0.2, 0) is 14.6 Å². The number of hydrogen-bond donors (Lipinski definition) is 0. The maximum absolute atomic E-state index is 11.9. The molecule has 0 heterocycles. The highest BCUT2D eigenvalue weighted by molar-refractivity contribution is 7.90. The lowest BCUT2D eigenvalue weighted by Crippen LogP contribution is -2.35. The van der Waals surface area contributed by atoms with Gasteiger partial charge in [0, 0.05) is 25.3 Å². The molecule has 0 saturated heterocycles. The molecule has 0 aliphatic heterocycles. The van der Waals surface area contributed by atoms with Crippen LogP contribution in [0.3, 0.4) is 0 Å². The van der Waals surface area contributed by atoms with Crippen molar-refractivity contribution >= 4 is 15.7 Å². The average Bonchev–Trinajstić information content (AvgIpc) is 2.97. The molecule has 0 atom stereocenters. The van der Waals surface area contributed by atoms with Crippen LogP contribution in [0.15, 0.2) is 0 Å². The summed E-state index contributed by atoms with van der Waals surface area (Å²) in [6.45, 7) is 5.03. The predicted octanol–water partition coefficient (Wildman–Crippen LogP) is 1.46. The Balaban J connectivity index is 2.43. The lowest BCUT2D eigenvalue weighted by atomic mass is 10.1. The summed E-state index contributed by atoms with van der Waals surface area (Å²) in [6, 6.07) is 0.376. The zero-order chi connectivity index (χ0) is 13.1. The van der Waals surface area contributed by atoms with Crippen LogP contribution < -0.4 is 0 Å². The highest BCUT2D eigenvalue weighted by Gasteiger charge is 2.32. The van der Waals surface area contributed by atoms with Gasteiger partial charge in [0.2, 0.25) is 5.91 Å². The zero-order valence-electron chi connectivity index (χ0n) is 11.0. The molecule has 1 fully saturated rings. The van der Waals surface area contributed by atoms with E-state index in [0.717, 1.165) is 25.8 Å². The topological polar surface area (TPSA) is 54.5 Å². The smallest absolute Gasteiger partial charge is 0.223 e. The first kappa shape index (κ1) is 14.5. The van der Waals surface area contributed by atoms with Crippen molar-refractivity contribution in [3.63, 3.8) is 0 Å². The van der Waals surface area contributed by atoms with E-state index in [0.29, 0.717) is 12.0 Å². The summed E-state index contributed by atoms with van der Waals surface area (Å²) in [4.78, 5) is 13.8. The second kappa shape index (κ2) is 5.85. The van der Waals surface area contributed by atoms with Gasteiger partial charge in [-0.15, -0.1) is 0 Å². The Labute approximate surface area is 104 Å². The Morgan fingerprint density at radius 2 is 1.94 bits per heavy atom. The first-order chi connectivity index (χ1) is 7.79. The Morgan fingerprint density at radius 1 is 1.35 bits per heavy atom. The molecular formula is C12H23NO3S. The van der Waals surface area contributed by atoms with Gasteiger partial charge < -0.3 is 4.90 Å². The lowest BCUT2D eigenvalue weighted by molar-refractivity contribution is -0.131. The molecule has 0 spiro atoms. The molecule has 17 heavy (non-hydrogen) atoms. The average molecular weight is 261 g/mol. The van der Waals surface area contributed by atoms with E-state index in [1.54, 1.807) is 0 Å². The molecule has 4 nitrogen and oxygen atoms in total. The maximum atomic E-state index is 11.9. The maximum Gasteiger partial charge on any atom is 0.223 e. The summed E-state index contributed by atoms with van der Waals surface area (Å²) in [5.74, 6) is 0.536. The van der Waals surface area contributed by atoms with Crippen molar-refractivity contribution in [1.82, 2.24) is 4.90 Å². The van der Waals surface area contributed by atoms with Crippen LogP contribution in [0, 0.1) is 5.92 Å². The zero-order valence-corrected chi connectivity index (χ0v) is 11.8. The van der Waals surface area contributed by atoms with Crippen molar-refractivity contribution in [2.75, 3.05) is 18.6 Å². The fraction of sp³-hybridized carbons (Fsp3) is 0.917. The van der Waals surface area contributed by atoms with E-state index in [1.807, 2.05) is 4.90 Å². The Kier molecular flexibility index (Phi) is 4.98. The van der Waals surface area contributed by atoms with Crippen LogP contribution in [0.5, 0.6) is 0 Å². The third-order valence-corrected chi connectivity index (χ3v) is 3.89. The third-order valence-electron chi connectivity index (χ3n) is 2.94. The first-order valence-corrected chi connectivity index (χ1v) is 8.33. The molecule has 1 rings (SSSR count). The van der Waals surface area contributed by atoms with Gasteiger partial charge in [-0.05, 0) is 25.2 Å². The molecule has 1 amide bonds.